The number of nitrogens with zero attached hydrogens (tertiary/aromatic N) is 4. The standard InChI is InChI=1S/C41H58N6O7S/c1-40(2,3)34(45(7)39(52)53)36(49)43-29(21-27-15-11-9-12-16-27)23-32(48)31(22-28-17-13-10-14-18-28)44-37(50)35(41(4,5)6)47-20-19-46(38(47)51)24-30-26-55-33(42-30)25-54-8/h9-18,26,29,31-32,34-35,48H,19-25H2,1-8H3,(H,43,49)(H,44,50)(H,52,53)/t29-,31-,32-,34+,35+/m0/s1. The third kappa shape index (κ3) is 12.0. The fourth-order valence-electron chi connectivity index (χ4n) is 7.30. The molecule has 1 fully saturated rings. The van der Waals surface area contributed by atoms with Gasteiger partial charge in [-0.2, -0.15) is 0 Å². The van der Waals surface area contributed by atoms with E-state index in [0.29, 0.717) is 32.7 Å². The predicted molar refractivity (Wildman–Crippen MR) is 212 cm³/mol. The number of aromatic nitrogens is 1. The SMILES string of the molecule is COCc1nc(CN2CCN([C@H](C(=O)N[C@@H](Cc3ccccc3)[C@@H](O)C[C@H](Cc3ccccc3)NC(=O)[C@@H](N(C)C(=O)O)C(C)(C)C)C(C)(C)C)C2=O)cs1. The number of benzene rings is 2. The first-order valence-electron chi connectivity index (χ1n) is 18.7. The molecule has 14 heteroatoms. The maximum absolute atomic E-state index is 14.5. The van der Waals surface area contributed by atoms with E-state index in [1.165, 1.54) is 18.4 Å². The Morgan fingerprint density at radius 3 is 2.05 bits per heavy atom. The monoisotopic (exact) mass is 778 g/mol. The lowest BCUT2D eigenvalue weighted by Crippen LogP contribution is -2.59. The molecule has 5 amide bonds. The number of carbonyl (C=O) groups is 4. The summed E-state index contributed by atoms with van der Waals surface area (Å²) in [4.78, 5) is 63.1. The number of aliphatic hydroxyl groups excluding tert-OH is 1. The number of methoxy groups -OCH3 is 1. The number of hydrogen-bond acceptors (Lipinski definition) is 8. The van der Waals surface area contributed by atoms with Crippen molar-refractivity contribution in [1.29, 1.82) is 0 Å². The zero-order valence-electron chi connectivity index (χ0n) is 33.3. The molecule has 0 unspecified atom stereocenters. The van der Waals surface area contributed by atoms with Crippen molar-refractivity contribution in [3.05, 3.63) is 87.9 Å². The van der Waals surface area contributed by atoms with Gasteiger partial charge in [-0.25, -0.2) is 14.6 Å². The minimum Gasteiger partial charge on any atom is -0.465 e. The van der Waals surface area contributed by atoms with Crippen LogP contribution in [0.2, 0.25) is 0 Å². The van der Waals surface area contributed by atoms with E-state index in [-0.39, 0.29) is 18.9 Å². The maximum Gasteiger partial charge on any atom is 0.407 e. The molecule has 13 nitrogen and oxygen atoms in total. The Balaban J connectivity index is 1.60. The molecule has 3 aromatic rings. The summed E-state index contributed by atoms with van der Waals surface area (Å²) >= 11 is 1.47. The molecule has 300 valence electrons. The molecule has 2 aromatic carbocycles. The average Bonchev–Trinajstić information content (AvgIpc) is 3.69. The Morgan fingerprint density at radius 2 is 1.51 bits per heavy atom. The van der Waals surface area contributed by atoms with Crippen molar-refractivity contribution in [2.75, 3.05) is 27.2 Å². The van der Waals surface area contributed by atoms with Crippen molar-refractivity contribution in [2.24, 2.45) is 10.8 Å². The number of carbonyl (C=O) groups excluding carboxylic acids is 3. The summed E-state index contributed by atoms with van der Waals surface area (Å²) in [6.45, 7) is 12.6. The highest BCUT2D eigenvalue weighted by Gasteiger charge is 2.45. The molecule has 5 atom stereocenters. The summed E-state index contributed by atoms with van der Waals surface area (Å²) < 4.78 is 5.19. The number of hydrogen-bond donors (Lipinski definition) is 4. The van der Waals surface area contributed by atoms with Crippen LogP contribution in [0.1, 0.15) is 69.8 Å². The van der Waals surface area contributed by atoms with Gasteiger partial charge in [0, 0.05) is 38.7 Å². The summed E-state index contributed by atoms with van der Waals surface area (Å²) in [6, 6.07) is 15.5. The lowest BCUT2D eigenvalue weighted by atomic mass is 9.84. The van der Waals surface area contributed by atoms with Gasteiger partial charge in [-0.15, -0.1) is 11.3 Å². The Morgan fingerprint density at radius 1 is 0.909 bits per heavy atom. The topological polar surface area (TPSA) is 165 Å². The van der Waals surface area contributed by atoms with Crippen molar-refractivity contribution in [2.45, 2.75) is 104 Å². The lowest BCUT2D eigenvalue weighted by Gasteiger charge is -2.38. The largest absolute Gasteiger partial charge is 0.465 e. The van der Waals surface area contributed by atoms with Gasteiger partial charge in [-0.3, -0.25) is 14.5 Å². The first-order valence-corrected chi connectivity index (χ1v) is 19.6. The zero-order valence-corrected chi connectivity index (χ0v) is 34.1. The summed E-state index contributed by atoms with van der Waals surface area (Å²) in [5.74, 6) is -0.870. The quantitative estimate of drug-likeness (QED) is 0.146. The van der Waals surface area contributed by atoms with Crippen molar-refractivity contribution in [1.82, 2.24) is 30.3 Å². The van der Waals surface area contributed by atoms with Gasteiger partial charge in [0.15, 0.2) is 0 Å². The second kappa shape index (κ2) is 18.9. The van der Waals surface area contributed by atoms with Crippen LogP contribution < -0.4 is 10.6 Å². The van der Waals surface area contributed by atoms with Gasteiger partial charge in [0.25, 0.3) is 0 Å². The Labute approximate surface area is 329 Å². The summed E-state index contributed by atoms with van der Waals surface area (Å²) in [5.41, 5.74) is 1.18. The van der Waals surface area contributed by atoms with Crippen molar-refractivity contribution >= 4 is 35.3 Å². The average molecular weight is 779 g/mol. The Bertz CT molecular complexity index is 1730. The summed E-state index contributed by atoms with van der Waals surface area (Å²) in [5, 5.41) is 30.8. The number of ether oxygens (including phenoxy) is 1. The van der Waals surface area contributed by atoms with Gasteiger partial charge in [-0.1, -0.05) is 102 Å². The maximum atomic E-state index is 14.5. The molecule has 0 aliphatic carbocycles. The van der Waals surface area contributed by atoms with Gasteiger partial charge in [0.2, 0.25) is 11.8 Å². The lowest BCUT2D eigenvalue weighted by molar-refractivity contribution is -0.131. The van der Waals surface area contributed by atoms with E-state index in [1.807, 2.05) is 86.8 Å². The van der Waals surface area contributed by atoms with Crippen molar-refractivity contribution < 1.29 is 34.1 Å². The smallest absolute Gasteiger partial charge is 0.407 e. The number of carboxylic acid groups (broad SMARTS) is 1. The van der Waals surface area contributed by atoms with Crippen molar-refractivity contribution in [3.8, 4) is 0 Å². The molecule has 0 spiro atoms. The fourth-order valence-corrected chi connectivity index (χ4v) is 8.05. The van der Waals surface area contributed by atoms with Gasteiger partial charge >= 0.3 is 12.1 Å². The van der Waals surface area contributed by atoms with E-state index in [2.05, 4.69) is 15.6 Å². The molecular formula is C41H58N6O7S. The number of thiazole rings is 1. The zero-order chi connectivity index (χ0) is 40.5. The molecule has 55 heavy (non-hydrogen) atoms. The highest BCUT2D eigenvalue weighted by Crippen LogP contribution is 2.30. The van der Waals surface area contributed by atoms with Crippen LogP contribution in [-0.2, 0) is 40.3 Å². The molecule has 1 aliphatic heterocycles. The fraction of sp³-hybridized carbons (Fsp3) is 0.537. The minimum absolute atomic E-state index is 0.0569. The van der Waals surface area contributed by atoms with Crippen LogP contribution in [0, 0.1) is 10.8 Å². The number of aliphatic hydroxyl groups is 1. The Kier molecular flexibility index (Phi) is 14.8. The normalized spacial score (nSPS) is 16.3. The molecule has 2 heterocycles. The second-order valence-corrected chi connectivity index (χ2v) is 17.4. The van der Waals surface area contributed by atoms with Crippen LogP contribution >= 0.6 is 11.3 Å². The molecule has 1 aromatic heterocycles. The number of amides is 5. The van der Waals surface area contributed by atoms with Gasteiger partial charge in [0.05, 0.1) is 31.0 Å². The van der Waals surface area contributed by atoms with Crippen LogP contribution in [0.3, 0.4) is 0 Å². The highest BCUT2D eigenvalue weighted by molar-refractivity contribution is 7.09. The predicted octanol–water partition coefficient (Wildman–Crippen LogP) is 5.17. The van der Waals surface area contributed by atoms with Gasteiger partial charge < -0.3 is 35.4 Å². The van der Waals surface area contributed by atoms with Crippen molar-refractivity contribution in [3.63, 3.8) is 0 Å². The molecule has 0 bridgehead atoms. The number of nitrogens with one attached hydrogen (secondary N) is 2. The first kappa shape index (κ1) is 43.2. The summed E-state index contributed by atoms with van der Waals surface area (Å²) in [6.07, 6.45) is -1.66. The number of urea groups is 1. The Hall–Kier alpha value is -4.53. The first-order chi connectivity index (χ1) is 25.9. The molecular weight excluding hydrogens is 721 g/mol. The summed E-state index contributed by atoms with van der Waals surface area (Å²) in [7, 11) is 2.98. The van der Waals surface area contributed by atoms with Crippen LogP contribution in [0.15, 0.2) is 66.0 Å². The molecule has 1 saturated heterocycles. The number of rotatable bonds is 17. The third-order valence-corrected chi connectivity index (χ3v) is 10.6. The molecule has 0 radical (unpaired) electrons. The molecule has 4 rings (SSSR count). The van der Waals surface area contributed by atoms with Crippen LogP contribution in [0.25, 0.3) is 0 Å². The van der Waals surface area contributed by atoms with E-state index < -0.39 is 59.0 Å². The van der Waals surface area contributed by atoms with E-state index >= 15 is 0 Å². The van der Waals surface area contributed by atoms with Crippen LogP contribution in [0.5, 0.6) is 0 Å². The molecule has 0 saturated carbocycles. The van der Waals surface area contributed by atoms with Gasteiger partial charge in [0.1, 0.15) is 17.1 Å². The van der Waals surface area contributed by atoms with E-state index in [1.54, 1.807) is 37.7 Å². The third-order valence-electron chi connectivity index (χ3n) is 9.77. The van der Waals surface area contributed by atoms with Crippen LogP contribution in [-0.4, -0.2) is 111 Å². The molecule has 4 N–H and O–H groups in total. The van der Waals surface area contributed by atoms with Crippen LogP contribution in [0.4, 0.5) is 9.59 Å². The van der Waals surface area contributed by atoms with Gasteiger partial charge in [-0.05, 0) is 41.2 Å². The van der Waals surface area contributed by atoms with E-state index in [0.717, 1.165) is 26.7 Å². The second-order valence-electron chi connectivity index (χ2n) is 16.5. The van der Waals surface area contributed by atoms with E-state index in [9.17, 15) is 29.4 Å². The minimum atomic E-state index is -1.23. The molecule has 1 aliphatic rings. The van der Waals surface area contributed by atoms with E-state index in [4.69, 9.17) is 4.74 Å². The highest BCUT2D eigenvalue weighted by atomic mass is 32.1. The number of likely N-dealkylation sites (N-methyl/N-ethyl adjacent to an activating group) is 1.